The normalized spacial score (nSPS) is 19.2. The zero-order chi connectivity index (χ0) is 21.5. The maximum atomic E-state index is 5.86. The first-order valence-corrected chi connectivity index (χ1v) is 10.5. The number of hydrogen-bond donors (Lipinski definition) is 1. The average molecular weight is 416 g/mol. The molecule has 0 aliphatic carbocycles. The third-order valence-electron chi connectivity index (χ3n) is 5.69. The highest BCUT2D eigenvalue weighted by molar-refractivity contribution is 5.94. The first kappa shape index (κ1) is 19.6. The number of anilines is 1. The van der Waals surface area contributed by atoms with Gasteiger partial charge in [-0.3, -0.25) is 10.1 Å². The molecule has 1 aromatic carbocycles. The molecule has 0 unspecified atom stereocenters. The molecule has 1 N–H and O–H groups in total. The van der Waals surface area contributed by atoms with Gasteiger partial charge in [0.2, 0.25) is 0 Å². The molecule has 0 amide bonds. The Bertz CT molecular complexity index is 1240. The van der Waals surface area contributed by atoms with Crippen LogP contribution in [0.5, 0.6) is 0 Å². The maximum Gasteiger partial charge on any atom is 0.132 e. The highest BCUT2D eigenvalue weighted by Crippen LogP contribution is 2.30. The number of H-pyrrole nitrogens is 1. The van der Waals surface area contributed by atoms with Crippen molar-refractivity contribution in [3.8, 4) is 22.6 Å². The molecule has 8 heteroatoms. The minimum absolute atomic E-state index is 0.162. The molecule has 1 aliphatic heterocycles. The van der Waals surface area contributed by atoms with Crippen LogP contribution >= 0.6 is 0 Å². The first-order chi connectivity index (χ1) is 15.0. The van der Waals surface area contributed by atoms with Crippen molar-refractivity contribution in [3.63, 3.8) is 0 Å². The smallest absolute Gasteiger partial charge is 0.132 e. The van der Waals surface area contributed by atoms with Crippen molar-refractivity contribution < 1.29 is 4.74 Å². The van der Waals surface area contributed by atoms with Crippen molar-refractivity contribution in [2.24, 2.45) is 0 Å². The summed E-state index contributed by atoms with van der Waals surface area (Å²) in [4.78, 5) is 20.4. The average Bonchev–Trinajstić information content (AvgIpc) is 3.18. The van der Waals surface area contributed by atoms with Crippen LogP contribution in [0.2, 0.25) is 0 Å². The number of nitrogens with one attached hydrogen (secondary N) is 1. The molecule has 0 radical (unpaired) electrons. The van der Waals surface area contributed by atoms with E-state index in [1.165, 1.54) is 0 Å². The number of fused-ring (bicyclic) bond motifs is 1. The van der Waals surface area contributed by atoms with Gasteiger partial charge in [0.25, 0.3) is 0 Å². The molecule has 2 atom stereocenters. The molecular formula is C23H25N7O. The van der Waals surface area contributed by atoms with E-state index in [0.29, 0.717) is 0 Å². The molecule has 0 saturated carbocycles. The molecule has 158 valence electrons. The van der Waals surface area contributed by atoms with E-state index in [1.807, 2.05) is 38.2 Å². The van der Waals surface area contributed by atoms with Gasteiger partial charge >= 0.3 is 0 Å². The summed E-state index contributed by atoms with van der Waals surface area (Å²) in [6.45, 7) is 9.72. The van der Waals surface area contributed by atoms with E-state index in [0.717, 1.165) is 63.8 Å². The van der Waals surface area contributed by atoms with Gasteiger partial charge in [0.05, 0.1) is 46.7 Å². The number of ether oxygens (including phenoxy) is 1. The Morgan fingerprint density at radius 3 is 2.55 bits per heavy atom. The molecule has 1 saturated heterocycles. The van der Waals surface area contributed by atoms with Crippen molar-refractivity contribution in [2.45, 2.75) is 39.9 Å². The molecule has 8 nitrogen and oxygen atoms in total. The van der Waals surface area contributed by atoms with Crippen LogP contribution in [0.3, 0.4) is 0 Å². The number of morpholine rings is 1. The molecule has 31 heavy (non-hydrogen) atoms. The van der Waals surface area contributed by atoms with E-state index >= 15 is 0 Å². The first-order valence-electron chi connectivity index (χ1n) is 10.5. The summed E-state index contributed by atoms with van der Waals surface area (Å²) in [5.41, 5.74) is 6.24. The number of hydrogen-bond acceptors (Lipinski definition) is 7. The fraction of sp³-hybridized carbons (Fsp3) is 0.348. The minimum Gasteiger partial charge on any atom is -0.372 e. The van der Waals surface area contributed by atoms with Crippen molar-refractivity contribution in [1.82, 2.24) is 30.1 Å². The van der Waals surface area contributed by atoms with Crippen LogP contribution in [0, 0.1) is 13.8 Å². The van der Waals surface area contributed by atoms with E-state index in [9.17, 15) is 0 Å². The Hall–Kier alpha value is -3.39. The lowest BCUT2D eigenvalue weighted by Crippen LogP contribution is -2.45. The van der Waals surface area contributed by atoms with Gasteiger partial charge in [0.15, 0.2) is 0 Å². The van der Waals surface area contributed by atoms with Gasteiger partial charge in [0.1, 0.15) is 17.8 Å². The molecular weight excluding hydrogens is 390 g/mol. The number of aryl methyl sites for hydroxylation is 2. The second-order valence-corrected chi connectivity index (χ2v) is 8.18. The topological polar surface area (TPSA) is 92.7 Å². The van der Waals surface area contributed by atoms with Crippen molar-refractivity contribution >= 4 is 16.7 Å². The highest BCUT2D eigenvalue weighted by atomic mass is 16.5. The molecule has 0 spiro atoms. The van der Waals surface area contributed by atoms with Gasteiger partial charge in [-0.05, 0) is 39.8 Å². The lowest BCUT2D eigenvalue weighted by molar-refractivity contribution is -0.00546. The monoisotopic (exact) mass is 415 g/mol. The number of rotatable bonds is 3. The molecule has 1 fully saturated rings. The predicted octanol–water partition coefficient (Wildman–Crippen LogP) is 3.71. The number of aromatic amines is 1. The second kappa shape index (κ2) is 7.70. The maximum absolute atomic E-state index is 5.86. The SMILES string of the molecule is Cc1ncc(-c2ccc3[nH]nc(-c4cc(N5C[C@@H](C)O[C@@H](C)C5)ncn4)c3c2)nc1C. The Labute approximate surface area is 180 Å². The van der Waals surface area contributed by atoms with Crippen molar-refractivity contribution in [3.05, 3.63) is 48.2 Å². The lowest BCUT2D eigenvalue weighted by atomic mass is 10.1. The van der Waals surface area contributed by atoms with Gasteiger partial charge in [-0.2, -0.15) is 5.10 Å². The molecule has 1 aliphatic rings. The van der Waals surface area contributed by atoms with Crippen molar-refractivity contribution in [1.29, 1.82) is 0 Å². The summed E-state index contributed by atoms with van der Waals surface area (Å²) < 4.78 is 5.86. The number of nitrogens with zero attached hydrogens (tertiary/aromatic N) is 6. The van der Waals surface area contributed by atoms with E-state index in [-0.39, 0.29) is 12.2 Å². The van der Waals surface area contributed by atoms with Gasteiger partial charge in [-0.1, -0.05) is 6.07 Å². The standard InChI is InChI=1S/C23H25N7O/c1-13-10-30(11-14(2)31-13)22-8-20(25-12-26-22)23-18-7-17(5-6-19(18)28-29-23)21-9-24-15(3)16(4)27-21/h5-9,12-14H,10-11H2,1-4H3,(H,28,29)/t13-,14+. The Balaban J connectivity index is 1.54. The molecule has 4 aromatic rings. The summed E-state index contributed by atoms with van der Waals surface area (Å²) in [6, 6.07) is 8.15. The zero-order valence-electron chi connectivity index (χ0n) is 18.1. The van der Waals surface area contributed by atoms with E-state index < -0.39 is 0 Å². The fourth-order valence-corrected chi connectivity index (χ4v) is 4.06. The Morgan fingerprint density at radius 1 is 0.968 bits per heavy atom. The van der Waals surface area contributed by atoms with Crippen molar-refractivity contribution in [2.75, 3.05) is 18.0 Å². The second-order valence-electron chi connectivity index (χ2n) is 8.18. The third-order valence-corrected chi connectivity index (χ3v) is 5.69. The largest absolute Gasteiger partial charge is 0.372 e. The van der Waals surface area contributed by atoms with Crippen LogP contribution < -0.4 is 4.90 Å². The van der Waals surface area contributed by atoms with Crippen LogP contribution in [0.15, 0.2) is 36.8 Å². The number of benzene rings is 1. The minimum atomic E-state index is 0.162. The van der Waals surface area contributed by atoms with Crippen LogP contribution in [-0.4, -0.2) is 55.4 Å². The summed E-state index contributed by atoms with van der Waals surface area (Å²) in [5, 5.41) is 8.66. The van der Waals surface area contributed by atoms with Gasteiger partial charge in [-0.15, -0.1) is 0 Å². The Kier molecular flexibility index (Phi) is 4.86. The van der Waals surface area contributed by atoms with Crippen LogP contribution in [0.4, 0.5) is 5.82 Å². The van der Waals surface area contributed by atoms with E-state index in [2.05, 4.69) is 54.9 Å². The molecule has 5 rings (SSSR count). The fourth-order valence-electron chi connectivity index (χ4n) is 4.06. The van der Waals surface area contributed by atoms with Gasteiger partial charge < -0.3 is 9.64 Å². The zero-order valence-corrected chi connectivity index (χ0v) is 18.1. The molecule has 4 heterocycles. The van der Waals surface area contributed by atoms with Gasteiger partial charge in [-0.25, -0.2) is 15.0 Å². The highest BCUT2D eigenvalue weighted by Gasteiger charge is 2.24. The molecule has 3 aromatic heterocycles. The third kappa shape index (κ3) is 3.74. The predicted molar refractivity (Wildman–Crippen MR) is 120 cm³/mol. The van der Waals surface area contributed by atoms with Gasteiger partial charge in [0, 0.05) is 30.1 Å². The summed E-state index contributed by atoms with van der Waals surface area (Å²) >= 11 is 0. The summed E-state index contributed by atoms with van der Waals surface area (Å²) in [7, 11) is 0. The lowest BCUT2D eigenvalue weighted by Gasteiger charge is -2.36. The van der Waals surface area contributed by atoms with Crippen LogP contribution in [0.25, 0.3) is 33.5 Å². The molecule has 0 bridgehead atoms. The van der Waals surface area contributed by atoms with E-state index in [4.69, 9.17) is 4.74 Å². The van der Waals surface area contributed by atoms with Crippen LogP contribution in [0.1, 0.15) is 25.2 Å². The Morgan fingerprint density at radius 2 is 1.77 bits per heavy atom. The number of aromatic nitrogens is 6. The van der Waals surface area contributed by atoms with E-state index in [1.54, 1.807) is 6.33 Å². The quantitative estimate of drug-likeness (QED) is 0.545. The summed E-state index contributed by atoms with van der Waals surface area (Å²) in [5.74, 6) is 0.888. The summed E-state index contributed by atoms with van der Waals surface area (Å²) in [6.07, 6.45) is 3.74. The van der Waals surface area contributed by atoms with Crippen LogP contribution in [-0.2, 0) is 4.74 Å².